The molecule has 0 radical (unpaired) electrons. The number of benzene rings is 1. The zero-order chi connectivity index (χ0) is 18.6. The quantitative estimate of drug-likeness (QED) is 0.862. The lowest BCUT2D eigenvalue weighted by atomic mass is 9.71. The molecule has 6 heteroatoms. The number of anilines is 1. The predicted molar refractivity (Wildman–Crippen MR) is 96.9 cm³/mol. The molecule has 2 heterocycles. The van der Waals surface area contributed by atoms with E-state index in [1.807, 2.05) is 39.0 Å². The summed E-state index contributed by atoms with van der Waals surface area (Å²) in [6.45, 7) is 5.59. The largest absolute Gasteiger partial charge is 0.361 e. The Morgan fingerprint density at radius 3 is 2.77 bits per heavy atom. The monoisotopic (exact) mass is 353 g/mol. The fourth-order valence-corrected chi connectivity index (χ4v) is 4.07. The van der Waals surface area contributed by atoms with Crippen molar-refractivity contribution in [3.8, 4) is 11.1 Å². The normalized spacial score (nSPS) is 27.3. The van der Waals surface area contributed by atoms with E-state index in [0.29, 0.717) is 17.0 Å². The predicted octanol–water partition coefficient (Wildman–Crippen LogP) is 3.74. The molecule has 2 aromatic rings. The van der Waals surface area contributed by atoms with Crippen LogP contribution < -0.4 is 11.1 Å². The van der Waals surface area contributed by atoms with Crippen LogP contribution in [0.1, 0.15) is 23.9 Å². The number of halogens is 1. The van der Waals surface area contributed by atoms with Crippen molar-refractivity contribution >= 4 is 11.6 Å². The van der Waals surface area contributed by atoms with E-state index in [2.05, 4.69) is 10.5 Å². The molecule has 1 aliphatic heterocycles. The molecular formula is C20H20FN3O2. The Hall–Kier alpha value is -2.73. The first-order valence-corrected chi connectivity index (χ1v) is 8.56. The Balaban J connectivity index is 1.85. The topological polar surface area (TPSA) is 81.2 Å². The lowest BCUT2D eigenvalue weighted by Gasteiger charge is -2.35. The van der Waals surface area contributed by atoms with E-state index in [4.69, 9.17) is 10.3 Å². The molecule has 26 heavy (non-hydrogen) atoms. The summed E-state index contributed by atoms with van der Waals surface area (Å²) in [5, 5.41) is 6.87. The number of hydrogen-bond acceptors (Lipinski definition) is 4. The summed E-state index contributed by atoms with van der Waals surface area (Å²) in [5.41, 5.74) is 9.35. The zero-order valence-corrected chi connectivity index (χ0v) is 14.8. The number of rotatable bonds is 2. The van der Waals surface area contributed by atoms with E-state index in [1.165, 1.54) is 12.2 Å². The van der Waals surface area contributed by atoms with Gasteiger partial charge in [-0.3, -0.25) is 4.79 Å². The van der Waals surface area contributed by atoms with Crippen molar-refractivity contribution in [2.75, 3.05) is 5.32 Å². The molecular weight excluding hydrogens is 333 g/mol. The second-order valence-electron chi connectivity index (χ2n) is 7.08. The van der Waals surface area contributed by atoms with Gasteiger partial charge < -0.3 is 15.6 Å². The summed E-state index contributed by atoms with van der Waals surface area (Å²) >= 11 is 0. The molecule has 1 aliphatic carbocycles. The van der Waals surface area contributed by atoms with Crippen LogP contribution in [-0.2, 0) is 10.3 Å². The van der Waals surface area contributed by atoms with E-state index in [0.717, 1.165) is 16.8 Å². The summed E-state index contributed by atoms with van der Waals surface area (Å²) in [4.78, 5) is 12.8. The van der Waals surface area contributed by atoms with Crippen LogP contribution in [0, 0.1) is 25.7 Å². The SMILES string of the molecule is Cc1noc(C)c1-c1ccc2c(c1)C(N)(C1C=CC(F)=CC1C)C(=O)N2. The van der Waals surface area contributed by atoms with Crippen molar-refractivity contribution in [3.05, 3.63) is 59.3 Å². The highest BCUT2D eigenvalue weighted by Gasteiger charge is 2.50. The van der Waals surface area contributed by atoms with Gasteiger partial charge in [-0.05, 0) is 49.6 Å². The number of nitrogens with one attached hydrogen (secondary N) is 1. The van der Waals surface area contributed by atoms with Gasteiger partial charge in [0, 0.05) is 22.7 Å². The maximum absolute atomic E-state index is 13.6. The highest BCUT2D eigenvalue weighted by Crippen LogP contribution is 2.46. The standard InChI is InChI=1S/C20H20FN3O2/c1-10-8-14(21)5-6-15(10)20(22)16-9-13(4-7-17(16)23-19(20)25)18-11(2)24-26-12(18)3/h4-10,15H,22H2,1-3H3,(H,23,25). The Labute approximate surface area is 150 Å². The van der Waals surface area contributed by atoms with Crippen LogP contribution in [0.2, 0.25) is 0 Å². The number of amides is 1. The van der Waals surface area contributed by atoms with Gasteiger partial charge in [-0.1, -0.05) is 24.2 Å². The third-order valence-electron chi connectivity index (χ3n) is 5.39. The Bertz CT molecular complexity index is 956. The molecule has 0 saturated heterocycles. The smallest absolute Gasteiger partial charge is 0.249 e. The summed E-state index contributed by atoms with van der Waals surface area (Å²) in [6.07, 6.45) is 4.57. The van der Waals surface area contributed by atoms with Crippen LogP contribution >= 0.6 is 0 Å². The van der Waals surface area contributed by atoms with E-state index in [1.54, 1.807) is 6.08 Å². The third-order valence-corrected chi connectivity index (χ3v) is 5.39. The van der Waals surface area contributed by atoms with Crippen LogP contribution in [0.25, 0.3) is 11.1 Å². The summed E-state index contributed by atoms with van der Waals surface area (Å²) in [5.74, 6) is -0.424. The van der Waals surface area contributed by atoms with Crippen molar-refractivity contribution < 1.29 is 13.7 Å². The highest BCUT2D eigenvalue weighted by molar-refractivity contribution is 6.06. The summed E-state index contributed by atoms with van der Waals surface area (Å²) < 4.78 is 18.8. The number of fused-ring (bicyclic) bond motifs is 1. The molecule has 1 amide bonds. The third kappa shape index (κ3) is 2.25. The number of carbonyl (C=O) groups is 1. The number of allylic oxidation sites excluding steroid dienone is 3. The first-order valence-electron chi connectivity index (χ1n) is 8.56. The van der Waals surface area contributed by atoms with Crippen LogP contribution in [0.5, 0.6) is 0 Å². The van der Waals surface area contributed by atoms with Crippen LogP contribution in [0.15, 0.2) is 46.8 Å². The molecule has 3 N–H and O–H groups in total. The fourth-order valence-electron chi connectivity index (χ4n) is 4.07. The number of carbonyl (C=O) groups excluding carboxylic acids is 1. The summed E-state index contributed by atoms with van der Waals surface area (Å²) in [7, 11) is 0. The van der Waals surface area contributed by atoms with Crippen LogP contribution in [0.3, 0.4) is 0 Å². The lowest BCUT2D eigenvalue weighted by molar-refractivity contribution is -0.122. The Kier molecular flexibility index (Phi) is 3.63. The number of hydrogen-bond donors (Lipinski definition) is 2. The second-order valence-corrected chi connectivity index (χ2v) is 7.08. The van der Waals surface area contributed by atoms with E-state index in [-0.39, 0.29) is 23.6 Å². The Morgan fingerprint density at radius 2 is 2.12 bits per heavy atom. The van der Waals surface area contributed by atoms with Crippen molar-refractivity contribution in [2.45, 2.75) is 26.3 Å². The van der Waals surface area contributed by atoms with Crippen LogP contribution in [-0.4, -0.2) is 11.1 Å². The molecule has 3 unspecified atom stereocenters. The summed E-state index contributed by atoms with van der Waals surface area (Å²) in [6, 6.07) is 5.67. The van der Waals surface area contributed by atoms with Gasteiger partial charge in [0.2, 0.25) is 5.91 Å². The van der Waals surface area contributed by atoms with E-state index in [9.17, 15) is 9.18 Å². The average Bonchev–Trinajstić information content (AvgIpc) is 3.05. The second kappa shape index (κ2) is 5.64. The maximum Gasteiger partial charge on any atom is 0.249 e. The fraction of sp³-hybridized carbons (Fsp3) is 0.300. The average molecular weight is 353 g/mol. The molecule has 1 aromatic heterocycles. The van der Waals surface area contributed by atoms with Crippen molar-refractivity contribution in [2.24, 2.45) is 17.6 Å². The molecule has 3 atom stereocenters. The zero-order valence-electron chi connectivity index (χ0n) is 14.8. The number of nitrogens with two attached hydrogens (primary N) is 1. The van der Waals surface area contributed by atoms with Gasteiger partial charge in [-0.15, -0.1) is 0 Å². The van der Waals surface area contributed by atoms with E-state index >= 15 is 0 Å². The lowest BCUT2D eigenvalue weighted by Crippen LogP contribution is -2.51. The minimum atomic E-state index is -1.27. The minimum Gasteiger partial charge on any atom is -0.361 e. The number of aryl methyl sites for hydroxylation is 2. The van der Waals surface area contributed by atoms with Crippen molar-refractivity contribution in [3.63, 3.8) is 0 Å². The van der Waals surface area contributed by atoms with Gasteiger partial charge in [0.25, 0.3) is 0 Å². The highest BCUT2D eigenvalue weighted by atomic mass is 19.1. The van der Waals surface area contributed by atoms with Gasteiger partial charge in [0.1, 0.15) is 17.1 Å². The molecule has 1 aromatic carbocycles. The van der Waals surface area contributed by atoms with Gasteiger partial charge in [-0.25, -0.2) is 4.39 Å². The molecule has 5 nitrogen and oxygen atoms in total. The molecule has 134 valence electrons. The van der Waals surface area contributed by atoms with Crippen molar-refractivity contribution in [1.29, 1.82) is 0 Å². The molecule has 2 aliphatic rings. The first kappa shape index (κ1) is 16.7. The Morgan fingerprint density at radius 1 is 1.35 bits per heavy atom. The molecule has 0 saturated carbocycles. The van der Waals surface area contributed by atoms with Crippen molar-refractivity contribution in [1.82, 2.24) is 5.16 Å². The van der Waals surface area contributed by atoms with E-state index < -0.39 is 5.54 Å². The van der Waals surface area contributed by atoms with Gasteiger partial charge >= 0.3 is 0 Å². The van der Waals surface area contributed by atoms with Gasteiger partial charge in [0.15, 0.2) is 0 Å². The number of aromatic nitrogens is 1. The van der Waals surface area contributed by atoms with Gasteiger partial charge in [0.05, 0.1) is 5.69 Å². The molecule has 4 rings (SSSR count). The van der Waals surface area contributed by atoms with Crippen LogP contribution in [0.4, 0.5) is 10.1 Å². The first-order chi connectivity index (χ1) is 12.3. The van der Waals surface area contributed by atoms with Gasteiger partial charge in [-0.2, -0.15) is 0 Å². The maximum atomic E-state index is 13.6. The molecule has 0 bridgehead atoms. The minimum absolute atomic E-state index is 0.204. The number of nitrogens with zero attached hydrogens (tertiary/aromatic N) is 1. The molecule has 0 spiro atoms. The molecule has 0 fully saturated rings.